The second kappa shape index (κ2) is 15.6. The van der Waals surface area contributed by atoms with Crippen LogP contribution in [-0.2, 0) is 30.4 Å². The molecule has 0 saturated carbocycles. The minimum atomic E-state index is -5.02. The molecule has 0 aromatic heterocycles. The Morgan fingerprint density at radius 1 is 0.533 bits per heavy atom. The van der Waals surface area contributed by atoms with Crippen molar-refractivity contribution in [3.63, 3.8) is 0 Å². The molecule has 0 saturated heterocycles. The van der Waals surface area contributed by atoms with Gasteiger partial charge < -0.3 is 25.6 Å². The molecule has 0 radical (unpaired) electrons. The number of urea groups is 1. The van der Waals surface area contributed by atoms with Gasteiger partial charge in [-0.25, -0.2) is 4.79 Å². The predicted molar refractivity (Wildman–Crippen MR) is 219 cm³/mol. The first kappa shape index (κ1) is 41.1. The third-order valence-electron chi connectivity index (χ3n) is 8.85. The van der Waals surface area contributed by atoms with Gasteiger partial charge in [0.15, 0.2) is 11.5 Å². The smallest absolute Gasteiger partial charge is 0.323 e. The number of anilines is 2. The lowest BCUT2D eigenvalue weighted by atomic mass is 10.1. The Morgan fingerprint density at radius 3 is 1.53 bits per heavy atom. The number of hydrogen-bond acceptors (Lipinski definition) is 14. The molecule has 19 nitrogen and oxygen atoms in total. The van der Waals surface area contributed by atoms with Crippen LogP contribution in [0.1, 0.15) is 0 Å². The maximum Gasteiger partial charge on any atom is 0.323 e. The zero-order chi connectivity index (χ0) is 43.1. The Bertz CT molecular complexity index is 3340. The Labute approximate surface area is 339 Å². The number of nitrogens with one attached hydrogen (secondary N) is 2. The largest absolute Gasteiger partial charge is 0.505 e. The first-order valence-electron chi connectivity index (χ1n) is 16.9. The fourth-order valence-electron chi connectivity index (χ4n) is 6.06. The van der Waals surface area contributed by atoms with Crippen LogP contribution in [0.2, 0.25) is 0 Å². The van der Waals surface area contributed by atoms with Crippen LogP contribution in [0.4, 0.5) is 38.9 Å². The lowest BCUT2D eigenvalue weighted by Crippen LogP contribution is -2.19. The average Bonchev–Trinajstić information content (AvgIpc) is 3.18. The highest BCUT2D eigenvalue weighted by Crippen LogP contribution is 2.44. The zero-order valence-electron chi connectivity index (χ0n) is 30.4. The van der Waals surface area contributed by atoms with E-state index >= 15 is 0 Å². The van der Waals surface area contributed by atoms with Gasteiger partial charge in [0.05, 0.1) is 23.4 Å². The van der Waals surface area contributed by atoms with E-state index in [-0.39, 0.29) is 49.2 Å². The van der Waals surface area contributed by atoms with Gasteiger partial charge in [-0.3, -0.25) is 13.7 Å². The van der Waals surface area contributed by atoms with Crippen LogP contribution in [0, 0.1) is 0 Å². The fraction of sp³-hybridized carbons (Fsp3) is 0.0263. The molecular formula is C38H28N6O13S3. The Kier molecular flexibility index (Phi) is 10.7. The molecule has 0 unspecified atom stereocenters. The summed E-state index contributed by atoms with van der Waals surface area (Å²) in [6.07, 6.45) is 0. The number of fused-ring (bicyclic) bond motifs is 3. The van der Waals surface area contributed by atoms with E-state index in [0.717, 1.165) is 12.1 Å². The molecule has 0 bridgehead atoms. The first-order valence-corrected chi connectivity index (χ1v) is 21.2. The quantitative estimate of drug-likeness (QED) is 0.0500. The second-order valence-corrected chi connectivity index (χ2v) is 17.0. The Balaban J connectivity index is 1.14. The van der Waals surface area contributed by atoms with E-state index < -0.39 is 69.1 Å². The minimum absolute atomic E-state index is 0.0514. The first-order chi connectivity index (χ1) is 28.3. The van der Waals surface area contributed by atoms with Gasteiger partial charge in [-0.2, -0.15) is 35.5 Å². The topological polar surface area (TPSA) is 303 Å². The molecule has 0 atom stereocenters. The molecule has 0 spiro atoms. The summed E-state index contributed by atoms with van der Waals surface area (Å²) in [6.45, 7) is 0. The van der Waals surface area contributed by atoms with Crippen molar-refractivity contribution in [1.82, 2.24) is 0 Å². The molecule has 7 N–H and O–H groups in total. The van der Waals surface area contributed by atoms with E-state index in [0.29, 0.717) is 16.5 Å². The van der Waals surface area contributed by atoms with Crippen LogP contribution < -0.4 is 15.4 Å². The predicted octanol–water partition coefficient (Wildman–Crippen LogP) is 8.78. The number of methoxy groups -OCH3 is 1. The molecule has 306 valence electrons. The van der Waals surface area contributed by atoms with Crippen molar-refractivity contribution in [2.45, 2.75) is 14.7 Å². The van der Waals surface area contributed by atoms with E-state index in [2.05, 4.69) is 31.1 Å². The van der Waals surface area contributed by atoms with Gasteiger partial charge in [-0.15, -0.1) is 10.2 Å². The van der Waals surface area contributed by atoms with Crippen LogP contribution in [-0.4, -0.2) is 62.3 Å². The van der Waals surface area contributed by atoms with Gasteiger partial charge in [0.25, 0.3) is 30.4 Å². The number of azo groups is 2. The molecule has 22 heteroatoms. The standard InChI is InChI=1S/C38H28N6O13S3/c1-57-28-4-2-3-26(19-28)41-43-34-32(59(51,52)53)17-22-14-24(8-11-30(22)36(34)45)39-38(47)40-25-9-12-31-23(15-25)18-33(60(54,55)56)35(37(31)46)44-42-27-7-5-21-16-29(58(48,49)50)10-6-20(21)13-27/h2-19,45-46H,1H3,(H2,39,40,47)(H,48,49,50)(H,51,52,53)(H,54,55,56). The number of amides is 2. The molecule has 60 heavy (non-hydrogen) atoms. The summed E-state index contributed by atoms with van der Waals surface area (Å²) in [5, 5.41) is 44.2. The molecule has 0 aliphatic carbocycles. The molecule has 0 aliphatic heterocycles. The second-order valence-electron chi connectivity index (χ2n) is 12.8. The number of rotatable bonds is 10. The van der Waals surface area contributed by atoms with E-state index in [1.165, 1.54) is 86.0 Å². The van der Waals surface area contributed by atoms with Gasteiger partial charge in [0, 0.05) is 28.2 Å². The Morgan fingerprint density at radius 2 is 1.03 bits per heavy atom. The molecule has 7 aromatic rings. The lowest BCUT2D eigenvalue weighted by Gasteiger charge is -2.13. The number of nitrogens with zero attached hydrogens (tertiary/aromatic N) is 4. The molecule has 0 fully saturated rings. The summed E-state index contributed by atoms with van der Waals surface area (Å²) in [5.74, 6) is -0.852. The number of carbonyl (C=O) groups is 1. The van der Waals surface area contributed by atoms with Crippen LogP contribution in [0.3, 0.4) is 0 Å². The van der Waals surface area contributed by atoms with E-state index in [9.17, 15) is 53.9 Å². The maximum absolute atomic E-state index is 13.1. The third kappa shape index (κ3) is 8.68. The average molecular weight is 873 g/mol. The SMILES string of the molecule is COc1cccc(N=Nc2c(S(=O)(=O)O)cc3cc(NC(=O)Nc4ccc5c(O)c(N=Nc6ccc7cc(S(=O)(=O)O)ccc7c6)c(S(=O)(=O)O)cc5c4)ccc3c2O)c1. The molecule has 2 amide bonds. The highest BCUT2D eigenvalue weighted by molar-refractivity contribution is 7.86. The van der Waals surface area contributed by atoms with Crippen molar-refractivity contribution >= 4 is 103 Å². The molecule has 7 aromatic carbocycles. The minimum Gasteiger partial charge on any atom is -0.505 e. The number of aromatic hydroxyl groups is 2. The van der Waals surface area contributed by atoms with E-state index in [1.807, 2.05) is 0 Å². The number of hydrogen-bond donors (Lipinski definition) is 7. The molecule has 0 aliphatic rings. The van der Waals surface area contributed by atoms with Crippen molar-refractivity contribution in [2.24, 2.45) is 20.5 Å². The van der Waals surface area contributed by atoms with Gasteiger partial charge in [-0.1, -0.05) is 18.2 Å². The van der Waals surface area contributed by atoms with Crippen molar-refractivity contribution in [2.75, 3.05) is 17.7 Å². The molecule has 0 heterocycles. The molecule has 7 rings (SSSR count). The van der Waals surface area contributed by atoms with Crippen molar-refractivity contribution in [3.8, 4) is 17.2 Å². The van der Waals surface area contributed by atoms with E-state index in [1.54, 1.807) is 18.2 Å². The normalized spacial score (nSPS) is 12.5. The third-order valence-corrected chi connectivity index (χ3v) is 11.4. The fourth-order valence-corrected chi connectivity index (χ4v) is 7.89. The number of ether oxygens (including phenoxy) is 1. The highest BCUT2D eigenvalue weighted by atomic mass is 32.2. The Hall–Kier alpha value is -7.08. The van der Waals surface area contributed by atoms with Crippen molar-refractivity contribution in [1.29, 1.82) is 0 Å². The summed E-state index contributed by atoms with van der Waals surface area (Å²) < 4.78 is 107. The lowest BCUT2D eigenvalue weighted by molar-refractivity contribution is 0.262. The van der Waals surface area contributed by atoms with Crippen LogP contribution in [0.15, 0.2) is 144 Å². The number of benzene rings is 7. The number of carbonyl (C=O) groups excluding carboxylic acids is 1. The van der Waals surface area contributed by atoms with Gasteiger partial charge in [0.1, 0.15) is 26.9 Å². The van der Waals surface area contributed by atoms with Crippen molar-refractivity contribution in [3.05, 3.63) is 109 Å². The molecular weight excluding hydrogens is 845 g/mol. The number of phenols is 2. The maximum atomic E-state index is 13.1. The highest BCUT2D eigenvalue weighted by Gasteiger charge is 2.24. The summed E-state index contributed by atoms with van der Waals surface area (Å²) >= 11 is 0. The van der Waals surface area contributed by atoms with Crippen molar-refractivity contribution < 1.29 is 58.7 Å². The number of phenolic OH excluding ortho intramolecular Hbond substituents is 2. The summed E-state index contributed by atoms with van der Waals surface area (Å²) in [5.41, 5.74) is -0.502. The van der Waals surface area contributed by atoms with Crippen LogP contribution >= 0.6 is 0 Å². The zero-order valence-corrected chi connectivity index (χ0v) is 32.9. The summed E-state index contributed by atoms with van der Waals surface area (Å²) in [6, 6.07) is 23.8. The van der Waals surface area contributed by atoms with Crippen LogP contribution in [0.5, 0.6) is 17.2 Å². The van der Waals surface area contributed by atoms with Crippen LogP contribution in [0.25, 0.3) is 32.3 Å². The summed E-state index contributed by atoms with van der Waals surface area (Å²) in [7, 11) is -13.0. The van der Waals surface area contributed by atoms with E-state index in [4.69, 9.17) is 4.74 Å². The summed E-state index contributed by atoms with van der Waals surface area (Å²) in [4.78, 5) is 11.2. The monoisotopic (exact) mass is 872 g/mol. The van der Waals surface area contributed by atoms with Gasteiger partial charge >= 0.3 is 6.03 Å². The van der Waals surface area contributed by atoms with Gasteiger partial charge in [-0.05, 0) is 106 Å². The van der Waals surface area contributed by atoms with Gasteiger partial charge in [0.2, 0.25) is 0 Å².